The molecule has 0 amide bonds. The highest BCUT2D eigenvalue weighted by molar-refractivity contribution is 5.98. The summed E-state index contributed by atoms with van der Waals surface area (Å²) in [5.41, 5.74) is 2.93. The van der Waals surface area contributed by atoms with Crippen LogP contribution in [0.1, 0.15) is 34.3 Å². The zero-order valence-corrected chi connectivity index (χ0v) is 13.6. The summed E-state index contributed by atoms with van der Waals surface area (Å²) in [5, 5.41) is 0. The number of ether oxygens (including phenoxy) is 1. The van der Waals surface area contributed by atoms with Crippen molar-refractivity contribution in [3.8, 4) is 5.75 Å². The molecule has 2 aromatic rings. The van der Waals surface area contributed by atoms with Crippen LogP contribution >= 0.6 is 0 Å². The van der Waals surface area contributed by atoms with Crippen LogP contribution < -0.4 is 4.74 Å². The van der Waals surface area contributed by atoms with Gasteiger partial charge in [-0.3, -0.25) is 9.69 Å². The second-order valence-electron chi connectivity index (χ2n) is 6.16. The molecule has 0 unspecified atom stereocenters. The summed E-state index contributed by atoms with van der Waals surface area (Å²) >= 11 is 0. The number of likely N-dealkylation sites (tertiary alicyclic amines) is 1. The summed E-state index contributed by atoms with van der Waals surface area (Å²) < 4.78 is 5.87. The largest absolute Gasteiger partial charge is 0.489 e. The average molecular weight is 309 g/mol. The molecule has 3 nitrogen and oxygen atoms in total. The Kier molecular flexibility index (Phi) is 5.09. The van der Waals surface area contributed by atoms with Gasteiger partial charge in [-0.25, -0.2) is 0 Å². The van der Waals surface area contributed by atoms with E-state index in [0.29, 0.717) is 13.2 Å². The van der Waals surface area contributed by atoms with Gasteiger partial charge in [0.05, 0.1) is 6.54 Å². The summed E-state index contributed by atoms with van der Waals surface area (Å²) in [4.78, 5) is 14.6. The maximum absolute atomic E-state index is 12.4. The fourth-order valence-corrected chi connectivity index (χ4v) is 2.96. The van der Waals surface area contributed by atoms with Gasteiger partial charge in [-0.15, -0.1) is 0 Å². The van der Waals surface area contributed by atoms with Crippen LogP contribution in [0.2, 0.25) is 0 Å². The van der Waals surface area contributed by atoms with E-state index in [1.807, 2.05) is 55.5 Å². The van der Waals surface area contributed by atoms with Crippen LogP contribution in [0.3, 0.4) is 0 Å². The Labute approximate surface area is 137 Å². The number of carbonyl (C=O) groups is 1. The van der Waals surface area contributed by atoms with Crippen LogP contribution in [-0.2, 0) is 6.61 Å². The molecule has 23 heavy (non-hydrogen) atoms. The van der Waals surface area contributed by atoms with E-state index in [4.69, 9.17) is 4.74 Å². The molecule has 3 heteroatoms. The summed E-state index contributed by atoms with van der Waals surface area (Å²) in [6.45, 7) is 5.16. The topological polar surface area (TPSA) is 29.5 Å². The Morgan fingerprint density at radius 2 is 1.83 bits per heavy atom. The third-order valence-corrected chi connectivity index (χ3v) is 4.30. The van der Waals surface area contributed by atoms with Crippen molar-refractivity contribution >= 4 is 5.78 Å². The third-order valence-electron chi connectivity index (χ3n) is 4.30. The molecule has 0 aromatic heterocycles. The molecule has 1 aliphatic heterocycles. The first-order valence-electron chi connectivity index (χ1n) is 8.25. The lowest BCUT2D eigenvalue weighted by Crippen LogP contribution is -2.26. The van der Waals surface area contributed by atoms with Gasteiger partial charge < -0.3 is 4.74 Å². The molecule has 0 radical (unpaired) electrons. The first-order valence-corrected chi connectivity index (χ1v) is 8.25. The zero-order valence-electron chi connectivity index (χ0n) is 13.6. The van der Waals surface area contributed by atoms with E-state index in [1.54, 1.807) is 0 Å². The number of hydrogen-bond donors (Lipinski definition) is 0. The van der Waals surface area contributed by atoms with Crippen molar-refractivity contribution in [2.75, 3.05) is 19.6 Å². The van der Waals surface area contributed by atoms with E-state index < -0.39 is 0 Å². The highest BCUT2D eigenvalue weighted by Gasteiger charge is 2.16. The molecule has 0 spiro atoms. The minimum absolute atomic E-state index is 0.199. The van der Waals surface area contributed by atoms with Gasteiger partial charge in [-0.2, -0.15) is 0 Å². The van der Waals surface area contributed by atoms with E-state index in [0.717, 1.165) is 35.5 Å². The predicted molar refractivity (Wildman–Crippen MR) is 92.0 cm³/mol. The number of nitrogens with zero attached hydrogens (tertiary/aromatic N) is 1. The van der Waals surface area contributed by atoms with Crippen LogP contribution in [0.15, 0.2) is 48.5 Å². The zero-order chi connectivity index (χ0) is 16.1. The molecule has 0 saturated carbocycles. The Morgan fingerprint density at radius 1 is 1.09 bits per heavy atom. The van der Waals surface area contributed by atoms with Gasteiger partial charge >= 0.3 is 0 Å². The summed E-state index contributed by atoms with van der Waals surface area (Å²) in [6.07, 6.45) is 2.41. The minimum atomic E-state index is 0.199. The fourth-order valence-electron chi connectivity index (χ4n) is 2.96. The minimum Gasteiger partial charge on any atom is -0.489 e. The molecular formula is C20H23NO2. The average Bonchev–Trinajstić information content (AvgIpc) is 3.07. The molecule has 3 rings (SSSR count). The Bertz CT molecular complexity index is 661. The van der Waals surface area contributed by atoms with Crippen molar-refractivity contribution in [2.24, 2.45) is 0 Å². The van der Waals surface area contributed by atoms with Crippen LogP contribution in [0.25, 0.3) is 0 Å². The van der Waals surface area contributed by atoms with Gasteiger partial charge in [0.2, 0.25) is 0 Å². The molecule has 0 N–H and O–H groups in total. The number of ketones is 1. The third kappa shape index (κ3) is 4.20. The molecule has 0 aliphatic carbocycles. The molecular weight excluding hydrogens is 286 g/mol. The summed E-state index contributed by atoms with van der Waals surface area (Å²) in [5.74, 6) is 1.04. The predicted octanol–water partition coefficient (Wildman–Crippen LogP) is 3.85. The lowest BCUT2D eigenvalue weighted by atomic mass is 10.1. The van der Waals surface area contributed by atoms with Crippen molar-refractivity contribution in [3.63, 3.8) is 0 Å². The smallest absolute Gasteiger partial charge is 0.176 e. The number of aryl methyl sites for hydroxylation is 1. The summed E-state index contributed by atoms with van der Waals surface area (Å²) in [6, 6.07) is 15.8. The molecule has 0 bridgehead atoms. The normalized spacial score (nSPS) is 14.8. The molecule has 2 aromatic carbocycles. The Balaban J connectivity index is 1.62. The van der Waals surface area contributed by atoms with E-state index in [-0.39, 0.29) is 5.78 Å². The van der Waals surface area contributed by atoms with Gasteiger partial charge in [0, 0.05) is 5.56 Å². The highest BCUT2D eigenvalue weighted by atomic mass is 16.5. The maximum Gasteiger partial charge on any atom is 0.176 e. The molecule has 120 valence electrons. The molecule has 1 saturated heterocycles. The monoisotopic (exact) mass is 309 g/mol. The SMILES string of the molecule is Cc1cc(C(=O)CN2CCCC2)ccc1OCc1ccccc1. The van der Waals surface area contributed by atoms with Crippen molar-refractivity contribution in [3.05, 3.63) is 65.2 Å². The van der Waals surface area contributed by atoms with E-state index in [9.17, 15) is 4.79 Å². The Morgan fingerprint density at radius 3 is 2.52 bits per heavy atom. The van der Waals surface area contributed by atoms with Gasteiger partial charge in [-0.05, 0) is 62.2 Å². The van der Waals surface area contributed by atoms with Gasteiger partial charge in [0.25, 0.3) is 0 Å². The fraction of sp³-hybridized carbons (Fsp3) is 0.350. The first kappa shape index (κ1) is 15.8. The molecule has 1 heterocycles. The number of benzene rings is 2. The van der Waals surface area contributed by atoms with Crippen LogP contribution in [-0.4, -0.2) is 30.3 Å². The standard InChI is InChI=1S/C20H23NO2/c1-16-13-18(19(22)14-21-11-5-6-12-21)9-10-20(16)23-15-17-7-3-2-4-8-17/h2-4,7-10,13H,5-6,11-12,14-15H2,1H3. The van der Waals surface area contributed by atoms with Gasteiger partial charge in [0.1, 0.15) is 12.4 Å². The first-order chi connectivity index (χ1) is 11.2. The van der Waals surface area contributed by atoms with Crippen molar-refractivity contribution < 1.29 is 9.53 Å². The maximum atomic E-state index is 12.4. The number of hydrogen-bond acceptors (Lipinski definition) is 3. The van der Waals surface area contributed by atoms with Crippen molar-refractivity contribution in [1.82, 2.24) is 4.90 Å². The molecule has 0 atom stereocenters. The van der Waals surface area contributed by atoms with Crippen LogP contribution in [0, 0.1) is 6.92 Å². The number of carbonyl (C=O) groups excluding carboxylic acids is 1. The second-order valence-corrected chi connectivity index (χ2v) is 6.16. The number of rotatable bonds is 6. The van der Waals surface area contributed by atoms with Crippen LogP contribution in [0.4, 0.5) is 0 Å². The summed E-state index contributed by atoms with van der Waals surface area (Å²) in [7, 11) is 0. The van der Waals surface area contributed by atoms with Gasteiger partial charge in [-0.1, -0.05) is 30.3 Å². The lowest BCUT2D eigenvalue weighted by Gasteiger charge is -2.14. The second kappa shape index (κ2) is 7.42. The Hall–Kier alpha value is -2.13. The quantitative estimate of drug-likeness (QED) is 0.759. The molecule has 1 fully saturated rings. The van der Waals surface area contributed by atoms with Crippen molar-refractivity contribution in [1.29, 1.82) is 0 Å². The van der Waals surface area contributed by atoms with Crippen molar-refractivity contribution in [2.45, 2.75) is 26.4 Å². The lowest BCUT2D eigenvalue weighted by molar-refractivity contribution is 0.0945. The number of Topliss-reactive ketones (excluding diaryl/α,β-unsaturated/α-hetero) is 1. The van der Waals surface area contributed by atoms with E-state index in [2.05, 4.69) is 4.90 Å². The van der Waals surface area contributed by atoms with E-state index >= 15 is 0 Å². The molecule has 1 aliphatic rings. The van der Waals surface area contributed by atoms with E-state index in [1.165, 1.54) is 12.8 Å². The highest BCUT2D eigenvalue weighted by Crippen LogP contribution is 2.21. The van der Waals surface area contributed by atoms with Gasteiger partial charge in [0.15, 0.2) is 5.78 Å². The van der Waals surface area contributed by atoms with Crippen LogP contribution in [0.5, 0.6) is 5.75 Å².